The van der Waals surface area contributed by atoms with E-state index in [4.69, 9.17) is 14.6 Å². The van der Waals surface area contributed by atoms with Gasteiger partial charge in [0.2, 0.25) is 5.88 Å². The van der Waals surface area contributed by atoms with E-state index >= 15 is 0 Å². The van der Waals surface area contributed by atoms with Gasteiger partial charge in [0, 0.05) is 11.5 Å². The third-order valence-corrected chi connectivity index (χ3v) is 3.51. The van der Waals surface area contributed by atoms with Crippen molar-refractivity contribution in [3.8, 4) is 17.4 Å². The standard InChI is InChI=1S/C19H17NO4/c1-19(2,18(21)22)24-15-10-8-14(9-11-15)23-17-12-7-13-5-3-4-6-16(13)20-17/h3-12H,1-2H3,(H,21,22). The van der Waals surface area contributed by atoms with Crippen LogP contribution in [0.2, 0.25) is 0 Å². The molecule has 0 radical (unpaired) electrons. The fourth-order valence-electron chi connectivity index (χ4n) is 2.14. The summed E-state index contributed by atoms with van der Waals surface area (Å²) in [6, 6.07) is 18.3. The average molecular weight is 323 g/mol. The van der Waals surface area contributed by atoms with E-state index in [1.54, 1.807) is 30.3 Å². The van der Waals surface area contributed by atoms with Gasteiger partial charge in [-0.05, 0) is 50.2 Å². The summed E-state index contributed by atoms with van der Waals surface area (Å²) < 4.78 is 11.2. The van der Waals surface area contributed by atoms with Gasteiger partial charge in [-0.15, -0.1) is 0 Å². The zero-order chi connectivity index (χ0) is 17.2. The molecule has 0 aliphatic heterocycles. The molecule has 0 aliphatic carbocycles. The van der Waals surface area contributed by atoms with Crippen molar-refractivity contribution in [2.24, 2.45) is 0 Å². The van der Waals surface area contributed by atoms with Gasteiger partial charge in [0.1, 0.15) is 11.5 Å². The molecule has 0 atom stereocenters. The maximum Gasteiger partial charge on any atom is 0.347 e. The van der Waals surface area contributed by atoms with Crippen LogP contribution in [-0.4, -0.2) is 21.7 Å². The summed E-state index contributed by atoms with van der Waals surface area (Å²) in [4.78, 5) is 15.5. The van der Waals surface area contributed by atoms with Gasteiger partial charge < -0.3 is 14.6 Å². The molecule has 3 rings (SSSR count). The minimum Gasteiger partial charge on any atom is -0.478 e. The van der Waals surface area contributed by atoms with Crippen molar-refractivity contribution in [3.05, 3.63) is 60.7 Å². The van der Waals surface area contributed by atoms with E-state index < -0.39 is 11.6 Å². The van der Waals surface area contributed by atoms with Crippen LogP contribution in [0.4, 0.5) is 0 Å². The number of nitrogens with zero attached hydrogens (tertiary/aromatic N) is 1. The largest absolute Gasteiger partial charge is 0.478 e. The van der Waals surface area contributed by atoms with Gasteiger partial charge >= 0.3 is 5.97 Å². The number of carboxylic acids is 1. The van der Waals surface area contributed by atoms with E-state index in [2.05, 4.69) is 4.98 Å². The Kier molecular flexibility index (Phi) is 4.08. The second-order valence-electron chi connectivity index (χ2n) is 5.83. The summed E-state index contributed by atoms with van der Waals surface area (Å²) in [5.74, 6) is 0.524. The number of hydrogen-bond donors (Lipinski definition) is 1. The number of ether oxygens (including phenoxy) is 2. The van der Waals surface area contributed by atoms with Crippen molar-refractivity contribution in [2.45, 2.75) is 19.4 Å². The van der Waals surface area contributed by atoms with E-state index in [1.165, 1.54) is 13.8 Å². The van der Waals surface area contributed by atoms with Crippen LogP contribution < -0.4 is 9.47 Å². The second-order valence-corrected chi connectivity index (χ2v) is 5.83. The van der Waals surface area contributed by atoms with Crippen molar-refractivity contribution in [1.82, 2.24) is 4.98 Å². The molecule has 0 aliphatic rings. The summed E-state index contributed by atoms with van der Waals surface area (Å²) >= 11 is 0. The zero-order valence-corrected chi connectivity index (χ0v) is 13.4. The highest BCUT2D eigenvalue weighted by Crippen LogP contribution is 2.26. The Bertz CT molecular complexity index is 872. The van der Waals surface area contributed by atoms with E-state index in [9.17, 15) is 4.79 Å². The maximum atomic E-state index is 11.1. The van der Waals surface area contributed by atoms with E-state index in [-0.39, 0.29) is 0 Å². The molecule has 0 bridgehead atoms. The number of para-hydroxylation sites is 1. The van der Waals surface area contributed by atoms with Crippen LogP contribution in [0.25, 0.3) is 10.9 Å². The van der Waals surface area contributed by atoms with Gasteiger partial charge in [0.25, 0.3) is 0 Å². The van der Waals surface area contributed by atoms with Gasteiger partial charge in [0.05, 0.1) is 5.52 Å². The molecule has 1 heterocycles. The highest BCUT2D eigenvalue weighted by atomic mass is 16.5. The fourth-order valence-corrected chi connectivity index (χ4v) is 2.14. The number of hydrogen-bond acceptors (Lipinski definition) is 4. The number of fused-ring (bicyclic) bond motifs is 1. The van der Waals surface area contributed by atoms with E-state index in [0.717, 1.165) is 10.9 Å². The molecule has 5 nitrogen and oxygen atoms in total. The summed E-state index contributed by atoms with van der Waals surface area (Å²) in [5, 5.41) is 10.1. The predicted molar refractivity (Wildman–Crippen MR) is 90.6 cm³/mol. The lowest BCUT2D eigenvalue weighted by atomic mass is 10.1. The quantitative estimate of drug-likeness (QED) is 0.759. The molecule has 122 valence electrons. The highest BCUT2D eigenvalue weighted by molar-refractivity contribution is 5.79. The Morgan fingerprint density at radius 3 is 2.33 bits per heavy atom. The minimum atomic E-state index is -1.29. The fraction of sp³-hybridized carbons (Fsp3) is 0.158. The lowest BCUT2D eigenvalue weighted by molar-refractivity contribution is -0.152. The molecule has 1 aromatic heterocycles. The number of carboxylic acid groups (broad SMARTS) is 1. The van der Waals surface area contributed by atoms with E-state index in [0.29, 0.717) is 17.4 Å². The number of carbonyl (C=O) groups is 1. The van der Waals surface area contributed by atoms with Gasteiger partial charge in [-0.2, -0.15) is 0 Å². The van der Waals surface area contributed by atoms with Gasteiger partial charge in [-0.25, -0.2) is 9.78 Å². The number of aliphatic carboxylic acids is 1. The average Bonchev–Trinajstić information content (AvgIpc) is 2.56. The Morgan fingerprint density at radius 2 is 1.62 bits per heavy atom. The number of rotatable bonds is 5. The molecule has 0 spiro atoms. The van der Waals surface area contributed by atoms with Crippen molar-refractivity contribution in [2.75, 3.05) is 0 Å². The molecule has 1 N–H and O–H groups in total. The molecule has 2 aromatic carbocycles. The van der Waals surface area contributed by atoms with Gasteiger partial charge in [0.15, 0.2) is 5.60 Å². The first kappa shape index (κ1) is 15.8. The Balaban J connectivity index is 1.74. The highest BCUT2D eigenvalue weighted by Gasteiger charge is 2.29. The monoisotopic (exact) mass is 323 g/mol. The summed E-state index contributed by atoms with van der Waals surface area (Å²) in [6.07, 6.45) is 0. The molecule has 24 heavy (non-hydrogen) atoms. The minimum absolute atomic E-state index is 0.459. The first-order valence-corrected chi connectivity index (χ1v) is 7.50. The molecule has 0 saturated carbocycles. The molecular weight excluding hydrogens is 306 g/mol. The number of aromatic nitrogens is 1. The molecule has 0 fully saturated rings. The van der Waals surface area contributed by atoms with Crippen LogP contribution in [0.15, 0.2) is 60.7 Å². The van der Waals surface area contributed by atoms with Gasteiger partial charge in [-0.1, -0.05) is 18.2 Å². The molecule has 0 amide bonds. The van der Waals surface area contributed by atoms with Crippen LogP contribution in [0.5, 0.6) is 17.4 Å². The third kappa shape index (κ3) is 3.46. The summed E-state index contributed by atoms with van der Waals surface area (Å²) in [5.41, 5.74) is -0.430. The first-order chi connectivity index (χ1) is 11.4. The number of benzene rings is 2. The van der Waals surface area contributed by atoms with Crippen LogP contribution in [0, 0.1) is 0 Å². The van der Waals surface area contributed by atoms with E-state index in [1.807, 2.05) is 30.3 Å². The van der Waals surface area contributed by atoms with Crippen LogP contribution in [0.3, 0.4) is 0 Å². The summed E-state index contributed by atoms with van der Waals surface area (Å²) in [7, 11) is 0. The lowest BCUT2D eigenvalue weighted by Gasteiger charge is -2.21. The first-order valence-electron chi connectivity index (χ1n) is 7.50. The molecule has 3 aromatic rings. The van der Waals surface area contributed by atoms with Crippen molar-refractivity contribution < 1.29 is 19.4 Å². The lowest BCUT2D eigenvalue weighted by Crippen LogP contribution is -2.37. The molecule has 0 saturated heterocycles. The predicted octanol–water partition coefficient (Wildman–Crippen LogP) is 4.27. The van der Waals surface area contributed by atoms with Crippen molar-refractivity contribution in [3.63, 3.8) is 0 Å². The molecular formula is C19H17NO4. The van der Waals surface area contributed by atoms with Gasteiger partial charge in [-0.3, -0.25) is 0 Å². The van der Waals surface area contributed by atoms with Crippen molar-refractivity contribution >= 4 is 16.9 Å². The topological polar surface area (TPSA) is 68.7 Å². The normalized spacial score (nSPS) is 11.2. The molecule has 0 unspecified atom stereocenters. The smallest absolute Gasteiger partial charge is 0.347 e. The third-order valence-electron chi connectivity index (χ3n) is 3.51. The summed E-state index contributed by atoms with van der Waals surface area (Å²) in [6.45, 7) is 3.00. The van der Waals surface area contributed by atoms with Crippen molar-refractivity contribution in [1.29, 1.82) is 0 Å². The Morgan fingerprint density at radius 1 is 0.958 bits per heavy atom. The number of pyridine rings is 1. The zero-order valence-electron chi connectivity index (χ0n) is 13.4. The van der Waals surface area contributed by atoms with Crippen LogP contribution in [0.1, 0.15) is 13.8 Å². The SMILES string of the molecule is CC(C)(Oc1ccc(Oc2ccc3ccccc3n2)cc1)C(=O)O. The molecule has 5 heteroatoms. The van der Waals surface area contributed by atoms with Crippen LogP contribution >= 0.6 is 0 Å². The Hall–Kier alpha value is -3.08. The second kappa shape index (κ2) is 6.20. The maximum absolute atomic E-state index is 11.1. The Labute approximate surface area is 139 Å². The van der Waals surface area contributed by atoms with Crippen LogP contribution in [-0.2, 0) is 4.79 Å².